The van der Waals surface area contributed by atoms with Gasteiger partial charge in [-0.15, -0.1) is 0 Å². The van der Waals surface area contributed by atoms with Gasteiger partial charge < -0.3 is 9.47 Å². The summed E-state index contributed by atoms with van der Waals surface area (Å²) in [5.74, 6) is -0.333. The minimum absolute atomic E-state index is 0.129. The average Bonchev–Trinajstić information content (AvgIpc) is 3.03. The Morgan fingerprint density at radius 1 is 1.27 bits per heavy atom. The van der Waals surface area contributed by atoms with E-state index in [1.54, 1.807) is 12.1 Å². The van der Waals surface area contributed by atoms with Gasteiger partial charge in [-0.25, -0.2) is 5.01 Å². The standard InChI is InChI=1S/C14H16N4O4/c1-21-11-5-4-10(13(16-11)22-2)14(20)18-9-3-8-17(18)12(19)6-7-15/h4-5H,3,6,8-9H2,1-2H3. The molecule has 1 aliphatic heterocycles. The lowest BCUT2D eigenvalue weighted by Crippen LogP contribution is -2.44. The number of pyridine rings is 1. The molecular formula is C14H16N4O4. The van der Waals surface area contributed by atoms with Crippen LogP contribution in [0.1, 0.15) is 23.2 Å². The molecule has 0 atom stereocenters. The zero-order valence-corrected chi connectivity index (χ0v) is 12.4. The number of hydrazine groups is 1. The van der Waals surface area contributed by atoms with Crippen molar-refractivity contribution in [1.82, 2.24) is 15.0 Å². The second-order valence-corrected chi connectivity index (χ2v) is 4.54. The molecule has 8 heteroatoms. The predicted molar refractivity (Wildman–Crippen MR) is 74.9 cm³/mol. The lowest BCUT2D eigenvalue weighted by atomic mass is 10.2. The molecule has 0 aromatic carbocycles. The van der Waals surface area contributed by atoms with Crippen molar-refractivity contribution >= 4 is 11.8 Å². The van der Waals surface area contributed by atoms with Crippen LogP contribution in [0.3, 0.4) is 0 Å². The molecular weight excluding hydrogens is 288 g/mol. The van der Waals surface area contributed by atoms with Crippen LogP contribution in [0, 0.1) is 11.3 Å². The van der Waals surface area contributed by atoms with Gasteiger partial charge in [-0.1, -0.05) is 0 Å². The van der Waals surface area contributed by atoms with E-state index in [1.807, 2.05) is 0 Å². The van der Waals surface area contributed by atoms with Gasteiger partial charge >= 0.3 is 0 Å². The maximum Gasteiger partial charge on any atom is 0.277 e. The molecule has 0 saturated carbocycles. The van der Waals surface area contributed by atoms with E-state index in [0.29, 0.717) is 25.4 Å². The fourth-order valence-electron chi connectivity index (χ4n) is 2.24. The van der Waals surface area contributed by atoms with E-state index in [-0.39, 0.29) is 17.9 Å². The average molecular weight is 304 g/mol. The normalized spacial score (nSPS) is 13.7. The molecule has 0 aliphatic carbocycles. The van der Waals surface area contributed by atoms with E-state index in [9.17, 15) is 9.59 Å². The number of carbonyl (C=O) groups is 2. The summed E-state index contributed by atoms with van der Waals surface area (Å²) in [7, 11) is 2.87. The SMILES string of the molecule is COc1ccc(C(=O)N2CCCN2C(=O)CC#N)c(OC)n1. The summed E-state index contributed by atoms with van der Waals surface area (Å²) in [6.45, 7) is 0.823. The first-order valence-electron chi connectivity index (χ1n) is 6.70. The van der Waals surface area contributed by atoms with Crippen LogP contribution in [0.25, 0.3) is 0 Å². The molecule has 1 fully saturated rings. The van der Waals surface area contributed by atoms with E-state index in [2.05, 4.69) is 4.98 Å². The first-order chi connectivity index (χ1) is 10.6. The number of nitrogens with zero attached hydrogens (tertiary/aromatic N) is 4. The Balaban J connectivity index is 2.27. The first kappa shape index (κ1) is 15.6. The van der Waals surface area contributed by atoms with Gasteiger partial charge in [-0.2, -0.15) is 10.2 Å². The number of rotatable bonds is 4. The van der Waals surface area contributed by atoms with Crippen molar-refractivity contribution < 1.29 is 19.1 Å². The minimum Gasteiger partial charge on any atom is -0.481 e. The molecule has 2 heterocycles. The Morgan fingerprint density at radius 3 is 2.64 bits per heavy atom. The molecule has 1 saturated heterocycles. The summed E-state index contributed by atoms with van der Waals surface area (Å²) in [6, 6.07) is 4.89. The second kappa shape index (κ2) is 6.76. The Hall–Kier alpha value is -2.82. The van der Waals surface area contributed by atoms with E-state index < -0.39 is 11.8 Å². The highest BCUT2D eigenvalue weighted by molar-refractivity contribution is 5.97. The Morgan fingerprint density at radius 2 is 2.00 bits per heavy atom. The zero-order valence-electron chi connectivity index (χ0n) is 12.4. The van der Waals surface area contributed by atoms with Gasteiger partial charge in [0.05, 0.1) is 20.3 Å². The van der Waals surface area contributed by atoms with E-state index in [1.165, 1.54) is 30.3 Å². The maximum absolute atomic E-state index is 12.6. The van der Waals surface area contributed by atoms with Crippen LogP contribution < -0.4 is 9.47 Å². The summed E-state index contributed by atoms with van der Waals surface area (Å²) in [6.07, 6.45) is 0.399. The summed E-state index contributed by atoms with van der Waals surface area (Å²) in [4.78, 5) is 28.6. The van der Waals surface area contributed by atoms with Crippen LogP contribution in [0.15, 0.2) is 12.1 Å². The van der Waals surface area contributed by atoms with E-state index in [0.717, 1.165) is 0 Å². The fourth-order valence-corrected chi connectivity index (χ4v) is 2.24. The smallest absolute Gasteiger partial charge is 0.277 e. The number of hydrogen-bond donors (Lipinski definition) is 0. The molecule has 0 radical (unpaired) electrons. The second-order valence-electron chi connectivity index (χ2n) is 4.54. The Kier molecular flexibility index (Phi) is 4.78. The van der Waals surface area contributed by atoms with E-state index in [4.69, 9.17) is 14.7 Å². The summed E-state index contributed by atoms with van der Waals surface area (Å²) >= 11 is 0. The maximum atomic E-state index is 12.6. The highest BCUT2D eigenvalue weighted by Gasteiger charge is 2.32. The third kappa shape index (κ3) is 2.93. The lowest BCUT2D eigenvalue weighted by molar-refractivity contribution is -0.139. The molecule has 116 valence electrons. The topological polar surface area (TPSA) is 95.8 Å². The highest BCUT2D eigenvalue weighted by atomic mass is 16.5. The molecule has 1 aromatic rings. The number of carbonyl (C=O) groups excluding carboxylic acids is 2. The summed E-state index contributed by atoms with van der Waals surface area (Å²) in [5.41, 5.74) is 0.236. The van der Waals surface area contributed by atoms with Gasteiger partial charge in [0.1, 0.15) is 12.0 Å². The molecule has 1 aliphatic rings. The lowest BCUT2D eigenvalue weighted by Gasteiger charge is -2.27. The summed E-state index contributed by atoms with van der Waals surface area (Å²) in [5, 5.41) is 11.3. The molecule has 0 N–H and O–H groups in total. The number of amides is 2. The van der Waals surface area contributed by atoms with Gasteiger partial charge in [-0.05, 0) is 12.5 Å². The number of aromatic nitrogens is 1. The van der Waals surface area contributed by atoms with Crippen LogP contribution in [-0.2, 0) is 4.79 Å². The molecule has 2 amide bonds. The van der Waals surface area contributed by atoms with Crippen molar-refractivity contribution in [2.45, 2.75) is 12.8 Å². The van der Waals surface area contributed by atoms with Crippen LogP contribution in [0.2, 0.25) is 0 Å². The number of methoxy groups -OCH3 is 2. The molecule has 1 aromatic heterocycles. The Labute approximate surface area is 127 Å². The monoisotopic (exact) mass is 304 g/mol. The predicted octanol–water partition coefficient (Wildman–Crippen LogP) is 0.602. The first-order valence-corrected chi connectivity index (χ1v) is 6.70. The third-order valence-corrected chi connectivity index (χ3v) is 3.25. The third-order valence-electron chi connectivity index (χ3n) is 3.25. The van der Waals surface area contributed by atoms with Crippen LogP contribution in [0.5, 0.6) is 11.8 Å². The van der Waals surface area contributed by atoms with Crippen molar-refractivity contribution in [2.24, 2.45) is 0 Å². The minimum atomic E-state index is -0.395. The van der Waals surface area contributed by atoms with Crippen LogP contribution >= 0.6 is 0 Å². The van der Waals surface area contributed by atoms with Crippen LogP contribution in [0.4, 0.5) is 0 Å². The fraction of sp³-hybridized carbons (Fsp3) is 0.429. The quantitative estimate of drug-likeness (QED) is 0.808. The largest absolute Gasteiger partial charge is 0.481 e. The van der Waals surface area contributed by atoms with Crippen molar-refractivity contribution in [3.05, 3.63) is 17.7 Å². The van der Waals surface area contributed by atoms with Crippen molar-refractivity contribution in [1.29, 1.82) is 5.26 Å². The van der Waals surface area contributed by atoms with Crippen molar-refractivity contribution in [3.63, 3.8) is 0 Å². The molecule has 8 nitrogen and oxygen atoms in total. The zero-order chi connectivity index (χ0) is 16.1. The van der Waals surface area contributed by atoms with Gasteiger partial charge in [-0.3, -0.25) is 14.6 Å². The molecule has 0 spiro atoms. The molecule has 0 unspecified atom stereocenters. The van der Waals surface area contributed by atoms with Crippen molar-refractivity contribution in [3.8, 4) is 17.8 Å². The van der Waals surface area contributed by atoms with Crippen molar-refractivity contribution in [2.75, 3.05) is 27.3 Å². The number of hydrogen-bond acceptors (Lipinski definition) is 6. The van der Waals surface area contributed by atoms with E-state index >= 15 is 0 Å². The van der Waals surface area contributed by atoms with Gasteiger partial charge in [0, 0.05) is 19.2 Å². The Bertz CT molecular complexity index is 626. The van der Waals surface area contributed by atoms with Gasteiger partial charge in [0.2, 0.25) is 11.8 Å². The number of nitriles is 1. The number of ether oxygens (including phenoxy) is 2. The molecule has 0 bridgehead atoms. The molecule has 2 rings (SSSR count). The molecule has 22 heavy (non-hydrogen) atoms. The van der Waals surface area contributed by atoms with Gasteiger partial charge in [0.25, 0.3) is 11.8 Å². The van der Waals surface area contributed by atoms with Crippen LogP contribution in [-0.4, -0.2) is 54.1 Å². The highest BCUT2D eigenvalue weighted by Crippen LogP contribution is 2.24. The van der Waals surface area contributed by atoms with Gasteiger partial charge in [0.15, 0.2) is 0 Å². The summed E-state index contributed by atoms with van der Waals surface area (Å²) < 4.78 is 10.1.